The number of aliphatic hydroxyl groups is 1. The molecule has 0 radical (unpaired) electrons. The molecule has 2 bridgehead atoms. The van der Waals surface area contributed by atoms with Gasteiger partial charge in [0.05, 0.1) is 19.0 Å². The van der Waals surface area contributed by atoms with Crippen LogP contribution in [0.25, 0.3) is 0 Å². The highest BCUT2D eigenvalue weighted by Gasteiger charge is 2.51. The largest absolute Gasteiger partial charge is 0.495 e. The number of nitrogens with zero attached hydrogens (tertiary/aromatic N) is 2. The number of carbonyl (C=O) groups excluding carboxylic acids is 1. The number of methoxy groups -OCH3 is 1. The number of hydrogen-bond acceptors (Lipinski definition) is 5. The predicted octanol–water partition coefficient (Wildman–Crippen LogP) is 2.84. The van der Waals surface area contributed by atoms with E-state index in [1.165, 1.54) is 0 Å². The van der Waals surface area contributed by atoms with Crippen molar-refractivity contribution in [1.29, 1.82) is 0 Å². The molecule has 24 heavy (non-hydrogen) atoms. The van der Waals surface area contributed by atoms with Gasteiger partial charge in [-0.3, -0.25) is 4.98 Å². The summed E-state index contributed by atoms with van der Waals surface area (Å²) in [4.78, 5) is 18.7. The van der Waals surface area contributed by atoms with Crippen molar-refractivity contribution < 1.29 is 19.4 Å². The van der Waals surface area contributed by atoms with E-state index in [1.54, 1.807) is 19.4 Å². The van der Waals surface area contributed by atoms with Crippen LogP contribution in [0.5, 0.6) is 5.75 Å². The minimum Gasteiger partial charge on any atom is -0.495 e. The number of ether oxygens (including phenoxy) is 2. The third-order valence-electron chi connectivity index (χ3n) is 4.82. The maximum atomic E-state index is 12.5. The number of piperidine rings is 1. The summed E-state index contributed by atoms with van der Waals surface area (Å²) in [5, 5.41) is 11.1. The van der Waals surface area contributed by atoms with Crippen LogP contribution in [0.4, 0.5) is 4.79 Å². The van der Waals surface area contributed by atoms with E-state index in [9.17, 15) is 9.90 Å². The third kappa shape index (κ3) is 3.20. The van der Waals surface area contributed by atoms with E-state index in [2.05, 4.69) is 4.98 Å². The van der Waals surface area contributed by atoms with E-state index in [0.717, 1.165) is 12.8 Å². The fourth-order valence-electron chi connectivity index (χ4n) is 3.82. The molecule has 132 valence electrons. The fraction of sp³-hybridized carbons (Fsp3) is 0.667. The van der Waals surface area contributed by atoms with Crippen molar-refractivity contribution in [3.05, 3.63) is 24.0 Å². The summed E-state index contributed by atoms with van der Waals surface area (Å²) in [5.74, 6) is 0.663. The fourth-order valence-corrected chi connectivity index (χ4v) is 3.82. The standard InChI is InChI=1S/C18H26N2O4/c1-17(2,3)24-16(21)20-12-5-6-13(20)10-18(22,9-12)15-8-7-14(23-4)11-19-15/h7-8,11-13,22H,5-6,9-10H2,1-4H3. The van der Waals surface area contributed by atoms with E-state index in [4.69, 9.17) is 9.47 Å². The number of rotatable bonds is 2. The summed E-state index contributed by atoms with van der Waals surface area (Å²) < 4.78 is 10.7. The van der Waals surface area contributed by atoms with Gasteiger partial charge >= 0.3 is 6.09 Å². The molecule has 1 N–H and O–H groups in total. The number of amides is 1. The van der Waals surface area contributed by atoms with Crippen molar-refractivity contribution in [2.45, 2.75) is 69.7 Å². The lowest BCUT2D eigenvalue weighted by Gasteiger charge is -2.43. The smallest absolute Gasteiger partial charge is 0.410 e. The molecule has 6 nitrogen and oxygen atoms in total. The Morgan fingerprint density at radius 3 is 2.38 bits per heavy atom. The predicted molar refractivity (Wildman–Crippen MR) is 88.8 cm³/mol. The average Bonchev–Trinajstić information content (AvgIpc) is 2.79. The van der Waals surface area contributed by atoms with Gasteiger partial charge in [0.15, 0.2) is 0 Å². The zero-order chi connectivity index (χ0) is 17.5. The Bertz CT molecular complexity index is 594. The Labute approximate surface area is 142 Å². The van der Waals surface area contributed by atoms with Crippen LogP contribution in [0.3, 0.4) is 0 Å². The molecule has 2 unspecified atom stereocenters. The van der Waals surface area contributed by atoms with Crippen molar-refractivity contribution in [2.75, 3.05) is 7.11 Å². The van der Waals surface area contributed by atoms with Crippen LogP contribution in [0.1, 0.15) is 52.1 Å². The third-order valence-corrected chi connectivity index (χ3v) is 4.82. The maximum absolute atomic E-state index is 12.5. The number of aromatic nitrogens is 1. The first-order chi connectivity index (χ1) is 11.2. The van der Waals surface area contributed by atoms with Crippen molar-refractivity contribution in [3.8, 4) is 5.75 Å². The second kappa shape index (κ2) is 5.92. The van der Waals surface area contributed by atoms with Crippen molar-refractivity contribution in [2.24, 2.45) is 0 Å². The molecule has 0 saturated carbocycles. The lowest BCUT2D eigenvalue weighted by atomic mass is 9.83. The molecule has 3 rings (SSSR count). The van der Waals surface area contributed by atoms with Crippen LogP contribution in [0, 0.1) is 0 Å². The Hall–Kier alpha value is -1.82. The molecule has 0 aromatic carbocycles. The van der Waals surface area contributed by atoms with E-state index in [0.29, 0.717) is 24.3 Å². The second-order valence-corrected chi connectivity index (χ2v) is 7.80. The molecule has 1 amide bonds. The minimum absolute atomic E-state index is 0.00694. The summed E-state index contributed by atoms with van der Waals surface area (Å²) in [5.41, 5.74) is -0.873. The van der Waals surface area contributed by atoms with Gasteiger partial charge in [-0.25, -0.2) is 4.79 Å². The molecule has 2 atom stereocenters. The Morgan fingerprint density at radius 1 is 1.29 bits per heavy atom. The summed E-state index contributed by atoms with van der Waals surface area (Å²) >= 11 is 0. The molecule has 1 aromatic heterocycles. The monoisotopic (exact) mass is 334 g/mol. The van der Waals surface area contributed by atoms with E-state index in [-0.39, 0.29) is 18.2 Å². The van der Waals surface area contributed by atoms with Crippen molar-refractivity contribution >= 4 is 6.09 Å². The van der Waals surface area contributed by atoms with Crippen LogP contribution in [0.15, 0.2) is 18.3 Å². The number of fused-ring (bicyclic) bond motifs is 2. The van der Waals surface area contributed by atoms with Gasteiger partial charge in [-0.15, -0.1) is 0 Å². The maximum Gasteiger partial charge on any atom is 0.410 e. The molecule has 2 saturated heterocycles. The normalized spacial score (nSPS) is 29.5. The summed E-state index contributed by atoms with van der Waals surface area (Å²) in [7, 11) is 1.59. The van der Waals surface area contributed by atoms with Gasteiger partial charge in [0.1, 0.15) is 17.0 Å². The van der Waals surface area contributed by atoms with E-state index < -0.39 is 11.2 Å². The summed E-state index contributed by atoms with van der Waals surface area (Å²) in [6, 6.07) is 3.60. The van der Waals surface area contributed by atoms with Gasteiger partial charge in [-0.2, -0.15) is 0 Å². The first-order valence-corrected chi connectivity index (χ1v) is 8.46. The second-order valence-electron chi connectivity index (χ2n) is 7.80. The van der Waals surface area contributed by atoms with Gasteiger partial charge < -0.3 is 19.5 Å². The molecule has 2 aliphatic heterocycles. The topological polar surface area (TPSA) is 71.9 Å². The molecular weight excluding hydrogens is 308 g/mol. The lowest BCUT2D eigenvalue weighted by molar-refractivity contribution is -0.0647. The van der Waals surface area contributed by atoms with Crippen molar-refractivity contribution in [3.63, 3.8) is 0 Å². The highest BCUT2D eigenvalue weighted by Crippen LogP contribution is 2.45. The Balaban J connectivity index is 1.77. The van der Waals surface area contributed by atoms with Gasteiger partial charge in [-0.05, 0) is 45.7 Å². The first kappa shape index (κ1) is 17.0. The molecule has 0 spiro atoms. The zero-order valence-corrected chi connectivity index (χ0v) is 14.8. The Kier molecular flexibility index (Phi) is 4.20. The molecule has 1 aromatic rings. The zero-order valence-electron chi connectivity index (χ0n) is 14.8. The van der Waals surface area contributed by atoms with Crippen LogP contribution in [0.2, 0.25) is 0 Å². The minimum atomic E-state index is -1.00. The van der Waals surface area contributed by atoms with Gasteiger partial charge in [0.25, 0.3) is 0 Å². The number of pyridine rings is 1. The molecule has 6 heteroatoms. The molecule has 2 fully saturated rings. The number of hydrogen-bond donors (Lipinski definition) is 1. The average molecular weight is 334 g/mol. The van der Waals surface area contributed by atoms with Gasteiger partial charge in [-0.1, -0.05) is 0 Å². The van der Waals surface area contributed by atoms with E-state index >= 15 is 0 Å². The molecule has 3 heterocycles. The number of carbonyl (C=O) groups is 1. The highest BCUT2D eigenvalue weighted by molar-refractivity contribution is 5.69. The highest BCUT2D eigenvalue weighted by atomic mass is 16.6. The van der Waals surface area contributed by atoms with Crippen LogP contribution < -0.4 is 4.74 Å². The van der Waals surface area contributed by atoms with Gasteiger partial charge in [0, 0.05) is 24.9 Å². The molecular formula is C18H26N2O4. The van der Waals surface area contributed by atoms with E-state index in [1.807, 2.05) is 31.7 Å². The van der Waals surface area contributed by atoms with Crippen LogP contribution >= 0.6 is 0 Å². The van der Waals surface area contributed by atoms with Gasteiger partial charge in [0.2, 0.25) is 0 Å². The summed E-state index contributed by atoms with van der Waals surface area (Å²) in [6.07, 6.45) is 4.10. The molecule has 0 aliphatic carbocycles. The first-order valence-electron chi connectivity index (χ1n) is 8.46. The molecule has 2 aliphatic rings. The van der Waals surface area contributed by atoms with Crippen LogP contribution in [-0.4, -0.2) is 45.9 Å². The van der Waals surface area contributed by atoms with Crippen LogP contribution in [-0.2, 0) is 10.3 Å². The summed E-state index contributed by atoms with van der Waals surface area (Å²) in [6.45, 7) is 5.61. The Morgan fingerprint density at radius 2 is 1.92 bits per heavy atom. The van der Waals surface area contributed by atoms with Crippen molar-refractivity contribution in [1.82, 2.24) is 9.88 Å². The SMILES string of the molecule is COc1ccc(C2(O)CC3CCC(C2)N3C(=O)OC(C)(C)C)nc1. The lowest BCUT2D eigenvalue weighted by Crippen LogP contribution is -2.53. The quantitative estimate of drug-likeness (QED) is 0.900.